The summed E-state index contributed by atoms with van der Waals surface area (Å²) in [4.78, 5) is 12.5. The molecule has 0 bridgehead atoms. The molecule has 0 radical (unpaired) electrons. The van der Waals surface area contributed by atoms with E-state index in [1.807, 2.05) is 37.3 Å². The van der Waals surface area contributed by atoms with Gasteiger partial charge in [0, 0.05) is 12.7 Å². The SMILES string of the molecule is COC(C)(C)C(=O)c1cc(C)oc1-c1ccccc1. The number of rotatable bonds is 4. The fraction of sp³-hybridized carbons (Fsp3) is 0.312. The normalized spacial score (nSPS) is 11.6. The molecule has 0 aliphatic heterocycles. The van der Waals surface area contributed by atoms with Gasteiger partial charge >= 0.3 is 0 Å². The number of furan rings is 1. The number of hydrogen-bond acceptors (Lipinski definition) is 3. The van der Waals surface area contributed by atoms with Gasteiger partial charge in [-0.05, 0) is 26.8 Å². The largest absolute Gasteiger partial charge is 0.461 e. The Labute approximate surface area is 113 Å². The molecule has 3 heteroatoms. The number of benzene rings is 1. The third-order valence-electron chi connectivity index (χ3n) is 3.19. The molecule has 0 spiro atoms. The summed E-state index contributed by atoms with van der Waals surface area (Å²) in [5, 5.41) is 0. The van der Waals surface area contributed by atoms with Gasteiger partial charge < -0.3 is 9.15 Å². The number of hydrogen-bond donors (Lipinski definition) is 0. The first kappa shape index (κ1) is 13.6. The van der Waals surface area contributed by atoms with Crippen LogP contribution in [0.4, 0.5) is 0 Å². The van der Waals surface area contributed by atoms with Crippen molar-refractivity contribution < 1.29 is 13.9 Å². The van der Waals surface area contributed by atoms with Crippen LogP contribution in [0.5, 0.6) is 0 Å². The van der Waals surface area contributed by atoms with Crippen molar-refractivity contribution in [1.29, 1.82) is 0 Å². The van der Waals surface area contributed by atoms with Gasteiger partial charge in [0.05, 0.1) is 5.56 Å². The van der Waals surface area contributed by atoms with Gasteiger partial charge in [0.15, 0.2) is 5.78 Å². The van der Waals surface area contributed by atoms with Crippen LogP contribution >= 0.6 is 0 Å². The van der Waals surface area contributed by atoms with E-state index in [2.05, 4.69) is 0 Å². The molecule has 1 aromatic carbocycles. The lowest BCUT2D eigenvalue weighted by Gasteiger charge is -2.20. The van der Waals surface area contributed by atoms with Crippen LogP contribution in [0.2, 0.25) is 0 Å². The van der Waals surface area contributed by atoms with Crippen molar-refractivity contribution in [2.75, 3.05) is 7.11 Å². The second-order valence-electron chi connectivity index (χ2n) is 5.01. The van der Waals surface area contributed by atoms with Crippen LogP contribution in [0.1, 0.15) is 30.0 Å². The summed E-state index contributed by atoms with van der Waals surface area (Å²) in [5.74, 6) is 1.24. The summed E-state index contributed by atoms with van der Waals surface area (Å²) in [6, 6.07) is 11.4. The molecule has 0 unspecified atom stereocenters. The lowest BCUT2D eigenvalue weighted by Crippen LogP contribution is -2.33. The van der Waals surface area contributed by atoms with Crippen molar-refractivity contribution in [3.05, 3.63) is 47.7 Å². The zero-order chi connectivity index (χ0) is 14.0. The Balaban J connectivity index is 2.51. The number of carbonyl (C=O) groups is 1. The predicted molar refractivity (Wildman–Crippen MR) is 74.3 cm³/mol. The standard InChI is InChI=1S/C16H18O3/c1-11-10-13(15(17)16(2,3)18-4)14(19-11)12-8-6-5-7-9-12/h5-10H,1-4H3. The lowest BCUT2D eigenvalue weighted by molar-refractivity contribution is 0.0228. The Morgan fingerprint density at radius 2 is 1.84 bits per heavy atom. The highest BCUT2D eigenvalue weighted by Gasteiger charge is 2.32. The van der Waals surface area contributed by atoms with E-state index in [4.69, 9.17) is 9.15 Å². The molecule has 0 aliphatic rings. The maximum absolute atomic E-state index is 12.5. The first-order chi connectivity index (χ1) is 8.95. The number of aryl methyl sites for hydroxylation is 1. The quantitative estimate of drug-likeness (QED) is 0.782. The van der Waals surface area contributed by atoms with Crippen LogP contribution in [0, 0.1) is 6.92 Å². The van der Waals surface area contributed by atoms with Crippen LogP contribution in [-0.4, -0.2) is 18.5 Å². The monoisotopic (exact) mass is 258 g/mol. The van der Waals surface area contributed by atoms with Crippen molar-refractivity contribution in [3.8, 4) is 11.3 Å². The number of ketones is 1. The molecule has 0 fully saturated rings. The third kappa shape index (κ3) is 2.61. The zero-order valence-electron chi connectivity index (χ0n) is 11.7. The molecule has 0 atom stereocenters. The third-order valence-corrected chi connectivity index (χ3v) is 3.19. The molecule has 1 aromatic heterocycles. The highest BCUT2D eigenvalue weighted by atomic mass is 16.5. The van der Waals surface area contributed by atoms with Crippen molar-refractivity contribution in [2.45, 2.75) is 26.4 Å². The van der Waals surface area contributed by atoms with E-state index in [9.17, 15) is 4.79 Å². The number of carbonyl (C=O) groups excluding carboxylic acids is 1. The Bertz CT molecular complexity index is 579. The summed E-state index contributed by atoms with van der Waals surface area (Å²) >= 11 is 0. The van der Waals surface area contributed by atoms with Crippen molar-refractivity contribution >= 4 is 5.78 Å². The van der Waals surface area contributed by atoms with E-state index < -0.39 is 5.60 Å². The molecular weight excluding hydrogens is 240 g/mol. The molecule has 19 heavy (non-hydrogen) atoms. The molecule has 0 aliphatic carbocycles. The number of methoxy groups -OCH3 is 1. The van der Waals surface area contributed by atoms with E-state index in [1.54, 1.807) is 19.9 Å². The van der Waals surface area contributed by atoms with Gasteiger partial charge in [-0.25, -0.2) is 0 Å². The van der Waals surface area contributed by atoms with Crippen LogP contribution in [0.3, 0.4) is 0 Å². The van der Waals surface area contributed by atoms with Crippen LogP contribution in [-0.2, 0) is 4.74 Å². The lowest BCUT2D eigenvalue weighted by atomic mass is 9.94. The maximum Gasteiger partial charge on any atom is 0.197 e. The van der Waals surface area contributed by atoms with Gasteiger partial charge in [-0.1, -0.05) is 30.3 Å². The number of ether oxygens (including phenoxy) is 1. The smallest absolute Gasteiger partial charge is 0.197 e. The van der Waals surface area contributed by atoms with E-state index in [0.29, 0.717) is 17.1 Å². The van der Waals surface area contributed by atoms with Crippen LogP contribution < -0.4 is 0 Å². The van der Waals surface area contributed by atoms with E-state index in [-0.39, 0.29) is 5.78 Å². The fourth-order valence-electron chi connectivity index (χ4n) is 1.90. The fourth-order valence-corrected chi connectivity index (χ4v) is 1.90. The first-order valence-electron chi connectivity index (χ1n) is 6.21. The zero-order valence-corrected chi connectivity index (χ0v) is 11.7. The van der Waals surface area contributed by atoms with Crippen molar-refractivity contribution in [1.82, 2.24) is 0 Å². The van der Waals surface area contributed by atoms with Gasteiger partial charge in [-0.2, -0.15) is 0 Å². The summed E-state index contributed by atoms with van der Waals surface area (Å²) < 4.78 is 10.9. The molecule has 2 rings (SSSR count). The molecule has 3 nitrogen and oxygen atoms in total. The van der Waals surface area contributed by atoms with Gasteiger partial charge in [-0.3, -0.25) is 4.79 Å². The molecule has 1 heterocycles. The average molecular weight is 258 g/mol. The predicted octanol–water partition coefficient (Wildman–Crippen LogP) is 3.86. The molecule has 0 saturated carbocycles. The molecule has 0 N–H and O–H groups in total. The van der Waals surface area contributed by atoms with Crippen LogP contribution in [0.15, 0.2) is 40.8 Å². The number of Topliss-reactive ketones (excluding diaryl/α,β-unsaturated/α-hetero) is 1. The van der Waals surface area contributed by atoms with Gasteiger partial charge in [0.2, 0.25) is 0 Å². The van der Waals surface area contributed by atoms with Gasteiger partial charge in [-0.15, -0.1) is 0 Å². The Morgan fingerprint density at radius 3 is 2.42 bits per heavy atom. The van der Waals surface area contributed by atoms with Gasteiger partial charge in [0.1, 0.15) is 17.1 Å². The van der Waals surface area contributed by atoms with E-state index >= 15 is 0 Å². The molecule has 100 valence electrons. The minimum atomic E-state index is -0.861. The second kappa shape index (κ2) is 5.02. The highest BCUT2D eigenvalue weighted by Crippen LogP contribution is 2.30. The van der Waals surface area contributed by atoms with Crippen molar-refractivity contribution in [2.24, 2.45) is 0 Å². The minimum absolute atomic E-state index is 0.0781. The van der Waals surface area contributed by atoms with Gasteiger partial charge in [0.25, 0.3) is 0 Å². The minimum Gasteiger partial charge on any atom is -0.461 e. The summed E-state index contributed by atoms with van der Waals surface area (Å²) in [6.45, 7) is 5.35. The molecule has 0 saturated heterocycles. The van der Waals surface area contributed by atoms with E-state index in [1.165, 1.54) is 7.11 Å². The Hall–Kier alpha value is -1.87. The summed E-state index contributed by atoms with van der Waals surface area (Å²) in [7, 11) is 1.53. The first-order valence-corrected chi connectivity index (χ1v) is 6.21. The molecule has 0 amide bonds. The van der Waals surface area contributed by atoms with E-state index in [0.717, 1.165) is 5.56 Å². The highest BCUT2D eigenvalue weighted by molar-refractivity contribution is 6.06. The Kier molecular flexibility index (Phi) is 3.58. The maximum atomic E-state index is 12.5. The topological polar surface area (TPSA) is 39.4 Å². The average Bonchev–Trinajstić information content (AvgIpc) is 2.80. The molecule has 2 aromatic rings. The molecular formula is C16H18O3. The summed E-state index contributed by atoms with van der Waals surface area (Å²) in [5.41, 5.74) is 0.598. The van der Waals surface area contributed by atoms with Crippen molar-refractivity contribution in [3.63, 3.8) is 0 Å². The summed E-state index contributed by atoms with van der Waals surface area (Å²) in [6.07, 6.45) is 0. The Morgan fingerprint density at radius 1 is 1.21 bits per heavy atom. The van der Waals surface area contributed by atoms with Crippen LogP contribution in [0.25, 0.3) is 11.3 Å². The second-order valence-corrected chi connectivity index (χ2v) is 5.01.